The number of rotatable bonds is 4. The van der Waals surface area contributed by atoms with Gasteiger partial charge < -0.3 is 14.8 Å². The van der Waals surface area contributed by atoms with Gasteiger partial charge in [0.25, 0.3) is 0 Å². The van der Waals surface area contributed by atoms with Gasteiger partial charge in [0.2, 0.25) is 0 Å². The Bertz CT molecular complexity index is 626. The number of alkyl halides is 1. The summed E-state index contributed by atoms with van der Waals surface area (Å²) in [6.45, 7) is 0.907. The third-order valence-corrected chi connectivity index (χ3v) is 3.19. The Labute approximate surface area is 121 Å². The van der Waals surface area contributed by atoms with Crippen LogP contribution in [0.3, 0.4) is 0 Å². The lowest BCUT2D eigenvalue weighted by Crippen LogP contribution is -2.36. The second kappa shape index (κ2) is 6.09. The van der Waals surface area contributed by atoms with Crippen LogP contribution in [0.15, 0.2) is 18.2 Å². The number of benzene rings is 1. The first-order valence-corrected chi connectivity index (χ1v) is 6.72. The standard InChI is InChI=1S/C13H16ClFN4O/c1-18(2)13(20)16-6-7-19-10-5-3-4-9(15)12(10)17-11(19)8-14/h3-5H,6-8H2,1-2H3,(H,16,20). The number of hydrogen-bond acceptors (Lipinski definition) is 2. The van der Waals surface area contributed by atoms with E-state index < -0.39 is 0 Å². The fraction of sp³-hybridized carbons (Fsp3) is 0.385. The highest BCUT2D eigenvalue weighted by Gasteiger charge is 2.13. The summed E-state index contributed by atoms with van der Waals surface area (Å²) >= 11 is 5.85. The molecule has 1 N–H and O–H groups in total. The van der Waals surface area contributed by atoms with E-state index >= 15 is 0 Å². The van der Waals surface area contributed by atoms with Crippen LogP contribution < -0.4 is 5.32 Å². The smallest absolute Gasteiger partial charge is 0.316 e. The van der Waals surface area contributed by atoms with Gasteiger partial charge in [0.05, 0.1) is 11.4 Å². The van der Waals surface area contributed by atoms with Crippen molar-refractivity contribution in [2.45, 2.75) is 12.4 Å². The maximum absolute atomic E-state index is 13.7. The number of hydrogen-bond donors (Lipinski definition) is 1. The molecule has 0 saturated carbocycles. The van der Waals surface area contributed by atoms with Crippen molar-refractivity contribution >= 4 is 28.7 Å². The number of amides is 2. The van der Waals surface area contributed by atoms with E-state index in [0.717, 1.165) is 0 Å². The van der Waals surface area contributed by atoms with Gasteiger partial charge in [-0.2, -0.15) is 0 Å². The van der Waals surface area contributed by atoms with Crippen LogP contribution in [0.1, 0.15) is 5.82 Å². The lowest BCUT2D eigenvalue weighted by atomic mass is 10.3. The summed E-state index contributed by atoms with van der Waals surface area (Å²) in [5.41, 5.74) is 0.988. The van der Waals surface area contributed by atoms with E-state index in [4.69, 9.17) is 11.6 Å². The number of nitrogens with one attached hydrogen (secondary N) is 1. The Hall–Kier alpha value is -1.82. The van der Waals surface area contributed by atoms with Gasteiger partial charge >= 0.3 is 6.03 Å². The molecule has 2 aromatic rings. The molecule has 20 heavy (non-hydrogen) atoms. The van der Waals surface area contributed by atoms with Crippen LogP contribution in [0.5, 0.6) is 0 Å². The molecule has 5 nitrogen and oxygen atoms in total. The minimum Gasteiger partial charge on any atom is -0.336 e. The molecule has 1 aromatic heterocycles. The van der Waals surface area contributed by atoms with Crippen molar-refractivity contribution in [2.75, 3.05) is 20.6 Å². The minimum atomic E-state index is -0.370. The van der Waals surface area contributed by atoms with Crippen LogP contribution in [-0.2, 0) is 12.4 Å². The van der Waals surface area contributed by atoms with E-state index in [1.54, 1.807) is 26.2 Å². The molecular weight excluding hydrogens is 283 g/mol. The molecule has 0 spiro atoms. The van der Waals surface area contributed by atoms with Crippen molar-refractivity contribution in [3.8, 4) is 0 Å². The van der Waals surface area contributed by atoms with Crippen LogP contribution >= 0.6 is 11.6 Å². The Morgan fingerprint density at radius 2 is 2.25 bits per heavy atom. The van der Waals surface area contributed by atoms with Crippen molar-refractivity contribution in [1.82, 2.24) is 19.8 Å². The van der Waals surface area contributed by atoms with Crippen molar-refractivity contribution in [2.24, 2.45) is 0 Å². The van der Waals surface area contributed by atoms with Gasteiger partial charge in [0, 0.05) is 27.2 Å². The van der Waals surface area contributed by atoms with Gasteiger partial charge in [-0.1, -0.05) is 6.07 Å². The Balaban J connectivity index is 2.20. The maximum atomic E-state index is 13.7. The van der Waals surface area contributed by atoms with Gasteiger partial charge in [-0.05, 0) is 12.1 Å². The zero-order valence-electron chi connectivity index (χ0n) is 11.4. The minimum absolute atomic E-state index is 0.173. The zero-order valence-corrected chi connectivity index (χ0v) is 12.1. The SMILES string of the molecule is CN(C)C(=O)NCCn1c(CCl)nc2c(F)cccc21. The summed E-state index contributed by atoms with van der Waals surface area (Å²) in [5, 5.41) is 2.75. The largest absolute Gasteiger partial charge is 0.336 e. The highest BCUT2D eigenvalue weighted by atomic mass is 35.5. The molecular formula is C13H16ClFN4O. The molecule has 0 radical (unpaired) electrons. The molecule has 0 bridgehead atoms. The molecule has 0 aliphatic heterocycles. The van der Waals surface area contributed by atoms with E-state index in [1.807, 2.05) is 4.57 Å². The molecule has 1 aromatic carbocycles. The Kier molecular flexibility index (Phi) is 4.44. The van der Waals surface area contributed by atoms with E-state index in [-0.39, 0.29) is 17.7 Å². The summed E-state index contributed by atoms with van der Waals surface area (Å²) in [6.07, 6.45) is 0. The first-order chi connectivity index (χ1) is 9.54. The number of nitrogens with zero attached hydrogens (tertiary/aromatic N) is 3. The number of urea groups is 1. The van der Waals surface area contributed by atoms with Crippen LogP contribution in [-0.4, -0.2) is 41.1 Å². The second-order valence-electron chi connectivity index (χ2n) is 4.55. The van der Waals surface area contributed by atoms with Gasteiger partial charge in [-0.3, -0.25) is 0 Å². The fourth-order valence-corrected chi connectivity index (χ4v) is 2.15. The van der Waals surface area contributed by atoms with Crippen molar-refractivity contribution in [3.05, 3.63) is 29.8 Å². The quantitative estimate of drug-likeness (QED) is 0.880. The number of carbonyl (C=O) groups is 1. The molecule has 0 aliphatic carbocycles. The van der Waals surface area contributed by atoms with Crippen LogP contribution in [0, 0.1) is 5.82 Å². The number of fused-ring (bicyclic) bond motifs is 1. The average molecular weight is 299 g/mol. The first-order valence-electron chi connectivity index (χ1n) is 6.19. The predicted octanol–water partition coefficient (Wildman–Crippen LogP) is 2.19. The van der Waals surface area contributed by atoms with E-state index in [9.17, 15) is 9.18 Å². The highest BCUT2D eigenvalue weighted by molar-refractivity contribution is 6.16. The third kappa shape index (κ3) is 2.85. The summed E-state index contributed by atoms with van der Waals surface area (Å²) in [6, 6.07) is 4.61. The molecule has 1 heterocycles. The molecule has 0 saturated heterocycles. The van der Waals surface area contributed by atoms with Crippen molar-refractivity contribution in [3.63, 3.8) is 0 Å². The van der Waals surface area contributed by atoms with Crippen LogP contribution in [0.4, 0.5) is 9.18 Å². The monoisotopic (exact) mass is 298 g/mol. The summed E-state index contributed by atoms with van der Waals surface area (Å²) < 4.78 is 15.5. The van der Waals surface area contributed by atoms with E-state index in [2.05, 4.69) is 10.3 Å². The van der Waals surface area contributed by atoms with Crippen LogP contribution in [0.2, 0.25) is 0 Å². The van der Waals surface area contributed by atoms with Crippen molar-refractivity contribution in [1.29, 1.82) is 0 Å². The third-order valence-electron chi connectivity index (χ3n) is 2.95. The molecule has 108 valence electrons. The van der Waals surface area contributed by atoms with Gasteiger partial charge in [-0.25, -0.2) is 14.2 Å². The Morgan fingerprint density at radius 3 is 2.90 bits per heavy atom. The normalized spacial score (nSPS) is 10.8. The molecule has 0 atom stereocenters. The second-order valence-corrected chi connectivity index (χ2v) is 4.81. The summed E-state index contributed by atoms with van der Waals surface area (Å²) in [4.78, 5) is 17.1. The summed E-state index contributed by atoms with van der Waals surface area (Å²) in [7, 11) is 3.34. The molecule has 0 unspecified atom stereocenters. The number of imidazole rings is 1. The van der Waals surface area contributed by atoms with E-state index in [0.29, 0.717) is 29.9 Å². The topological polar surface area (TPSA) is 50.2 Å². The number of aromatic nitrogens is 2. The number of halogens is 2. The lowest BCUT2D eigenvalue weighted by Gasteiger charge is -2.13. The van der Waals surface area contributed by atoms with Gasteiger partial charge in [0.15, 0.2) is 5.82 Å². The zero-order chi connectivity index (χ0) is 14.7. The van der Waals surface area contributed by atoms with E-state index in [1.165, 1.54) is 11.0 Å². The average Bonchev–Trinajstić information content (AvgIpc) is 2.78. The fourth-order valence-electron chi connectivity index (χ4n) is 1.95. The first kappa shape index (κ1) is 14.6. The highest BCUT2D eigenvalue weighted by Crippen LogP contribution is 2.20. The van der Waals surface area contributed by atoms with Crippen LogP contribution in [0.25, 0.3) is 11.0 Å². The molecule has 7 heteroatoms. The maximum Gasteiger partial charge on any atom is 0.316 e. The van der Waals surface area contributed by atoms with Gasteiger partial charge in [-0.15, -0.1) is 11.6 Å². The lowest BCUT2D eigenvalue weighted by molar-refractivity contribution is 0.217. The molecule has 0 fully saturated rings. The molecule has 2 rings (SSSR count). The van der Waals surface area contributed by atoms with Gasteiger partial charge in [0.1, 0.15) is 11.3 Å². The summed E-state index contributed by atoms with van der Waals surface area (Å²) in [5.74, 6) is 0.409. The molecule has 0 aliphatic rings. The number of para-hydroxylation sites is 1. The number of carbonyl (C=O) groups excluding carboxylic acids is 1. The van der Waals surface area contributed by atoms with Crippen molar-refractivity contribution < 1.29 is 9.18 Å². The molecule has 2 amide bonds. The predicted molar refractivity (Wildman–Crippen MR) is 76.3 cm³/mol. The Morgan fingerprint density at radius 1 is 1.50 bits per heavy atom.